The summed E-state index contributed by atoms with van der Waals surface area (Å²) >= 11 is 0. The summed E-state index contributed by atoms with van der Waals surface area (Å²) in [6.45, 7) is -0.0974. The van der Waals surface area contributed by atoms with Crippen molar-refractivity contribution in [1.29, 1.82) is 0 Å². The SMILES string of the molecule is O=C(CCN=C1NS(=O)(=O)c2ccccc21)OCc1ccccc1F. The van der Waals surface area contributed by atoms with Crippen LogP contribution in [-0.4, -0.2) is 26.8 Å². The molecule has 0 saturated heterocycles. The molecule has 0 spiro atoms. The van der Waals surface area contributed by atoms with Crippen LogP contribution in [0.15, 0.2) is 58.4 Å². The van der Waals surface area contributed by atoms with E-state index in [1.807, 2.05) is 0 Å². The quantitative estimate of drug-likeness (QED) is 0.825. The molecule has 0 aliphatic carbocycles. The molecule has 1 aliphatic rings. The maximum atomic E-state index is 13.4. The van der Waals surface area contributed by atoms with Crippen molar-refractivity contribution in [2.75, 3.05) is 6.54 Å². The average Bonchev–Trinajstić information content (AvgIpc) is 2.85. The van der Waals surface area contributed by atoms with Gasteiger partial charge in [-0.2, -0.15) is 0 Å². The molecular weight excluding hydrogens is 347 g/mol. The minimum absolute atomic E-state index is 0.0398. The number of fused-ring (bicyclic) bond motifs is 1. The number of rotatable bonds is 5. The van der Waals surface area contributed by atoms with E-state index < -0.39 is 21.8 Å². The third kappa shape index (κ3) is 3.85. The lowest BCUT2D eigenvalue weighted by Gasteiger charge is -2.05. The van der Waals surface area contributed by atoms with E-state index in [-0.39, 0.29) is 30.3 Å². The van der Waals surface area contributed by atoms with E-state index in [2.05, 4.69) is 9.71 Å². The van der Waals surface area contributed by atoms with Crippen molar-refractivity contribution >= 4 is 21.8 Å². The van der Waals surface area contributed by atoms with Gasteiger partial charge in [-0.1, -0.05) is 30.3 Å². The number of nitrogens with zero attached hydrogens (tertiary/aromatic N) is 1. The number of hydrogen-bond donors (Lipinski definition) is 1. The van der Waals surface area contributed by atoms with Crippen LogP contribution in [0.5, 0.6) is 0 Å². The number of sulfonamides is 1. The average molecular weight is 362 g/mol. The van der Waals surface area contributed by atoms with E-state index in [0.717, 1.165) is 0 Å². The maximum absolute atomic E-state index is 13.4. The van der Waals surface area contributed by atoms with Crippen LogP contribution in [0.1, 0.15) is 17.5 Å². The van der Waals surface area contributed by atoms with Crippen LogP contribution >= 0.6 is 0 Å². The van der Waals surface area contributed by atoms with Gasteiger partial charge in [0.15, 0.2) is 0 Å². The summed E-state index contributed by atoms with van der Waals surface area (Å²) < 4.78 is 44.6. The summed E-state index contributed by atoms with van der Waals surface area (Å²) in [5, 5.41) is 0. The molecule has 0 atom stereocenters. The van der Waals surface area contributed by atoms with Gasteiger partial charge in [0.1, 0.15) is 18.3 Å². The summed E-state index contributed by atoms with van der Waals surface area (Å²) in [6, 6.07) is 12.5. The minimum Gasteiger partial charge on any atom is -0.461 e. The van der Waals surface area contributed by atoms with Crippen molar-refractivity contribution in [1.82, 2.24) is 4.72 Å². The minimum atomic E-state index is -3.60. The standard InChI is InChI=1S/C17H15FN2O4S/c18-14-7-3-1-5-12(14)11-24-16(21)9-10-19-17-13-6-2-4-8-15(13)25(22,23)20-17/h1-8H,9-11H2,(H,19,20). The molecule has 2 aromatic carbocycles. The molecular formula is C17H15FN2O4S. The Labute approximate surface area is 144 Å². The number of hydrogen-bond acceptors (Lipinski definition) is 5. The highest BCUT2D eigenvalue weighted by molar-refractivity contribution is 7.90. The third-order valence-corrected chi connectivity index (χ3v) is 4.99. The first kappa shape index (κ1) is 17.1. The van der Waals surface area contributed by atoms with Crippen molar-refractivity contribution in [3.05, 3.63) is 65.5 Å². The maximum Gasteiger partial charge on any atom is 0.308 e. The predicted octanol–water partition coefficient (Wildman–Crippen LogP) is 2.00. The van der Waals surface area contributed by atoms with Gasteiger partial charge in [-0.3, -0.25) is 14.5 Å². The van der Waals surface area contributed by atoms with Crippen LogP contribution in [-0.2, 0) is 26.2 Å². The predicted molar refractivity (Wildman–Crippen MR) is 89.0 cm³/mol. The summed E-state index contributed by atoms with van der Waals surface area (Å²) in [5.41, 5.74) is 0.766. The Bertz CT molecular complexity index is 941. The Morgan fingerprint density at radius 2 is 1.84 bits per heavy atom. The molecule has 130 valence electrons. The molecule has 8 heteroatoms. The molecule has 2 aromatic rings. The number of esters is 1. The van der Waals surface area contributed by atoms with Gasteiger partial charge in [0.05, 0.1) is 17.9 Å². The van der Waals surface area contributed by atoms with Crippen molar-refractivity contribution < 1.29 is 22.3 Å². The fourth-order valence-corrected chi connectivity index (χ4v) is 3.61. The molecule has 1 heterocycles. The van der Waals surface area contributed by atoms with Gasteiger partial charge < -0.3 is 4.74 Å². The van der Waals surface area contributed by atoms with E-state index in [9.17, 15) is 17.6 Å². The number of ether oxygens (including phenoxy) is 1. The molecule has 6 nitrogen and oxygen atoms in total. The number of aliphatic imine (C=N–C) groups is 1. The van der Waals surface area contributed by atoms with Gasteiger partial charge in [0, 0.05) is 11.1 Å². The summed E-state index contributed by atoms with van der Waals surface area (Å²) in [4.78, 5) is 16.0. The number of halogens is 1. The molecule has 0 aromatic heterocycles. The second kappa shape index (κ2) is 7.02. The molecule has 0 radical (unpaired) electrons. The number of benzene rings is 2. The second-order valence-corrected chi connectivity index (χ2v) is 6.98. The van der Waals surface area contributed by atoms with E-state index in [1.54, 1.807) is 30.3 Å². The van der Waals surface area contributed by atoms with Gasteiger partial charge in [0.25, 0.3) is 10.0 Å². The summed E-state index contributed by atoms with van der Waals surface area (Å²) in [6.07, 6.45) is -0.0398. The second-order valence-electron chi connectivity index (χ2n) is 5.33. The molecule has 0 saturated carbocycles. The smallest absolute Gasteiger partial charge is 0.308 e. The van der Waals surface area contributed by atoms with E-state index in [1.165, 1.54) is 18.2 Å². The lowest BCUT2D eigenvalue weighted by atomic mass is 10.2. The number of carbonyl (C=O) groups excluding carboxylic acids is 1. The Morgan fingerprint density at radius 3 is 2.64 bits per heavy atom. The highest BCUT2D eigenvalue weighted by atomic mass is 32.2. The van der Waals surface area contributed by atoms with Gasteiger partial charge in [-0.15, -0.1) is 0 Å². The highest BCUT2D eigenvalue weighted by Gasteiger charge is 2.29. The van der Waals surface area contributed by atoms with Crippen LogP contribution in [0.2, 0.25) is 0 Å². The first-order chi connectivity index (χ1) is 12.0. The fraction of sp³-hybridized carbons (Fsp3) is 0.176. The zero-order valence-electron chi connectivity index (χ0n) is 13.1. The monoisotopic (exact) mass is 362 g/mol. The van der Waals surface area contributed by atoms with Crippen LogP contribution in [0.3, 0.4) is 0 Å². The zero-order valence-corrected chi connectivity index (χ0v) is 13.9. The molecule has 0 unspecified atom stereocenters. The first-order valence-corrected chi connectivity index (χ1v) is 9.01. The van der Waals surface area contributed by atoms with Gasteiger partial charge in [0.2, 0.25) is 0 Å². The molecule has 3 rings (SSSR count). The number of amidine groups is 1. The molecule has 0 bridgehead atoms. The highest BCUT2D eigenvalue weighted by Crippen LogP contribution is 2.22. The van der Waals surface area contributed by atoms with Crippen LogP contribution in [0, 0.1) is 5.82 Å². The lowest BCUT2D eigenvalue weighted by molar-refractivity contribution is -0.144. The van der Waals surface area contributed by atoms with Crippen LogP contribution in [0.25, 0.3) is 0 Å². The normalized spacial score (nSPS) is 16.3. The molecule has 0 amide bonds. The van der Waals surface area contributed by atoms with E-state index >= 15 is 0 Å². The largest absolute Gasteiger partial charge is 0.461 e. The number of nitrogens with one attached hydrogen (secondary N) is 1. The fourth-order valence-electron chi connectivity index (χ4n) is 2.36. The Balaban J connectivity index is 1.57. The molecule has 25 heavy (non-hydrogen) atoms. The van der Waals surface area contributed by atoms with Crippen molar-refractivity contribution in [2.24, 2.45) is 4.99 Å². The Kier molecular flexibility index (Phi) is 4.80. The number of carbonyl (C=O) groups is 1. The van der Waals surface area contributed by atoms with Crippen LogP contribution < -0.4 is 4.72 Å². The molecule has 1 N–H and O–H groups in total. The third-order valence-electron chi connectivity index (χ3n) is 3.60. The van der Waals surface area contributed by atoms with Gasteiger partial charge >= 0.3 is 5.97 Å². The van der Waals surface area contributed by atoms with Crippen LogP contribution in [0.4, 0.5) is 4.39 Å². The van der Waals surface area contributed by atoms with Gasteiger partial charge in [-0.05, 0) is 18.2 Å². The Morgan fingerprint density at radius 1 is 1.12 bits per heavy atom. The van der Waals surface area contributed by atoms with Crippen molar-refractivity contribution in [2.45, 2.75) is 17.9 Å². The molecule has 0 fully saturated rings. The van der Waals surface area contributed by atoms with Crippen molar-refractivity contribution in [3.63, 3.8) is 0 Å². The first-order valence-electron chi connectivity index (χ1n) is 7.53. The summed E-state index contributed by atoms with van der Waals surface area (Å²) in [5.74, 6) is -0.772. The van der Waals surface area contributed by atoms with E-state index in [0.29, 0.717) is 11.1 Å². The topological polar surface area (TPSA) is 84.8 Å². The Hall–Kier alpha value is -2.74. The van der Waals surface area contributed by atoms with Crippen molar-refractivity contribution in [3.8, 4) is 0 Å². The lowest BCUT2D eigenvalue weighted by Crippen LogP contribution is -2.22. The molecule has 1 aliphatic heterocycles. The zero-order chi connectivity index (χ0) is 17.9. The summed E-state index contributed by atoms with van der Waals surface area (Å²) in [7, 11) is -3.60. The van der Waals surface area contributed by atoms with E-state index in [4.69, 9.17) is 4.74 Å². The van der Waals surface area contributed by atoms with Gasteiger partial charge in [-0.25, -0.2) is 12.8 Å².